The lowest BCUT2D eigenvalue weighted by Gasteiger charge is -2.32. The summed E-state index contributed by atoms with van der Waals surface area (Å²) in [5.41, 5.74) is 6.03. The van der Waals surface area contributed by atoms with Crippen molar-refractivity contribution in [3.63, 3.8) is 0 Å². The first-order valence-corrected chi connectivity index (χ1v) is 11.9. The summed E-state index contributed by atoms with van der Waals surface area (Å²) < 4.78 is 7.46. The Bertz CT molecular complexity index is 1300. The summed E-state index contributed by atoms with van der Waals surface area (Å²) in [4.78, 5) is 20.5. The summed E-state index contributed by atoms with van der Waals surface area (Å²) in [5, 5.41) is 4.85. The molecule has 4 aromatic rings. The molecule has 0 spiro atoms. The molecule has 0 aliphatic carbocycles. The van der Waals surface area contributed by atoms with Gasteiger partial charge in [0.15, 0.2) is 11.5 Å². The molecule has 9 heteroatoms. The van der Waals surface area contributed by atoms with Gasteiger partial charge >= 0.3 is 0 Å². The lowest BCUT2D eigenvalue weighted by atomic mass is 10.1. The molecule has 2 aliphatic heterocycles. The number of hydrogen-bond donors (Lipinski definition) is 1. The van der Waals surface area contributed by atoms with Gasteiger partial charge < -0.3 is 24.4 Å². The van der Waals surface area contributed by atoms with Crippen LogP contribution < -0.4 is 9.80 Å². The molecule has 0 unspecified atom stereocenters. The average Bonchev–Trinajstić information content (AvgIpc) is 3.52. The molecule has 176 valence electrons. The maximum absolute atomic E-state index is 5.60. The number of likely N-dealkylation sites (N-methyl/N-ethyl adjacent to an activating group) is 1. The number of rotatable bonds is 4. The minimum atomic E-state index is 0.716. The first-order valence-electron chi connectivity index (χ1n) is 11.9. The molecule has 0 bridgehead atoms. The number of aryl methyl sites for hydroxylation is 1. The third kappa shape index (κ3) is 4.01. The molecule has 6 rings (SSSR count). The van der Waals surface area contributed by atoms with Crippen LogP contribution in [0.15, 0.2) is 42.6 Å². The van der Waals surface area contributed by atoms with Crippen LogP contribution in [0.1, 0.15) is 5.56 Å². The number of piperazine rings is 1. The van der Waals surface area contributed by atoms with Crippen molar-refractivity contribution in [2.45, 2.75) is 6.92 Å². The first-order chi connectivity index (χ1) is 16.6. The summed E-state index contributed by atoms with van der Waals surface area (Å²) in [6.45, 7) is 9.17. The van der Waals surface area contributed by atoms with Crippen molar-refractivity contribution in [1.82, 2.24) is 29.6 Å². The Kier molecular flexibility index (Phi) is 5.43. The van der Waals surface area contributed by atoms with E-state index in [-0.39, 0.29) is 0 Å². The molecule has 2 fully saturated rings. The second-order valence-corrected chi connectivity index (χ2v) is 9.16. The number of pyridine rings is 1. The Balaban J connectivity index is 1.41. The first kappa shape index (κ1) is 21.1. The van der Waals surface area contributed by atoms with Gasteiger partial charge in [-0.25, -0.2) is 14.6 Å². The number of nitrogens with one attached hydrogen (secondary N) is 1. The highest BCUT2D eigenvalue weighted by Crippen LogP contribution is 2.30. The van der Waals surface area contributed by atoms with E-state index in [1.807, 2.05) is 16.9 Å². The van der Waals surface area contributed by atoms with Crippen molar-refractivity contribution in [3.8, 4) is 17.1 Å². The van der Waals surface area contributed by atoms with Crippen LogP contribution in [-0.2, 0) is 4.74 Å². The van der Waals surface area contributed by atoms with E-state index in [0.29, 0.717) is 13.2 Å². The van der Waals surface area contributed by atoms with Gasteiger partial charge in [0.1, 0.15) is 5.52 Å². The second kappa shape index (κ2) is 8.73. The number of benzene rings is 1. The molecular formula is C25H30N8O. The molecular weight excluding hydrogens is 428 g/mol. The van der Waals surface area contributed by atoms with Gasteiger partial charge in [-0.05, 0) is 26.1 Å². The zero-order valence-corrected chi connectivity index (χ0v) is 19.7. The molecule has 9 nitrogen and oxygen atoms in total. The van der Waals surface area contributed by atoms with Crippen molar-refractivity contribution >= 4 is 22.8 Å². The molecule has 2 aliphatic rings. The second-order valence-electron chi connectivity index (χ2n) is 9.16. The number of anilines is 2. The summed E-state index contributed by atoms with van der Waals surface area (Å²) >= 11 is 0. The van der Waals surface area contributed by atoms with E-state index in [1.54, 1.807) is 0 Å². The number of imidazole rings is 1. The van der Waals surface area contributed by atoms with Gasteiger partial charge in [-0.1, -0.05) is 23.8 Å². The Morgan fingerprint density at radius 1 is 0.912 bits per heavy atom. The average molecular weight is 459 g/mol. The van der Waals surface area contributed by atoms with Crippen LogP contribution >= 0.6 is 0 Å². The third-order valence-corrected chi connectivity index (χ3v) is 6.70. The standard InChI is InChI=1S/C25H30N8O/c1-18-4-3-5-19(16-18)20-6-7-33(29-20)22-17-21(31-12-14-34-15-13-31)23-24(26-22)28-25(27-23)32-10-8-30(2)9-11-32/h3-7,16-17H,8-15H2,1-2H3,(H,26,27,28). The molecule has 34 heavy (non-hydrogen) atoms. The van der Waals surface area contributed by atoms with E-state index < -0.39 is 0 Å². The fourth-order valence-electron chi connectivity index (χ4n) is 4.69. The predicted molar refractivity (Wildman–Crippen MR) is 134 cm³/mol. The zero-order valence-electron chi connectivity index (χ0n) is 19.7. The summed E-state index contributed by atoms with van der Waals surface area (Å²) in [7, 11) is 2.16. The lowest BCUT2D eigenvalue weighted by molar-refractivity contribution is 0.123. The molecule has 5 heterocycles. The van der Waals surface area contributed by atoms with Crippen LogP contribution in [0, 0.1) is 6.92 Å². The predicted octanol–water partition coefficient (Wildman–Crippen LogP) is 2.71. The third-order valence-electron chi connectivity index (χ3n) is 6.70. The van der Waals surface area contributed by atoms with Crippen LogP contribution in [0.25, 0.3) is 28.2 Å². The number of H-pyrrole nitrogens is 1. The monoisotopic (exact) mass is 458 g/mol. The Morgan fingerprint density at radius 2 is 1.74 bits per heavy atom. The van der Waals surface area contributed by atoms with Crippen molar-refractivity contribution in [3.05, 3.63) is 48.2 Å². The molecule has 0 amide bonds. The van der Waals surface area contributed by atoms with E-state index in [2.05, 4.69) is 64.0 Å². The highest BCUT2D eigenvalue weighted by molar-refractivity contribution is 5.89. The lowest BCUT2D eigenvalue weighted by Crippen LogP contribution is -2.44. The smallest absolute Gasteiger partial charge is 0.205 e. The summed E-state index contributed by atoms with van der Waals surface area (Å²) in [6, 6.07) is 12.6. The van der Waals surface area contributed by atoms with Gasteiger partial charge in [0.25, 0.3) is 0 Å². The normalized spacial score (nSPS) is 17.6. The maximum Gasteiger partial charge on any atom is 0.205 e. The van der Waals surface area contributed by atoms with Gasteiger partial charge in [0, 0.05) is 57.1 Å². The highest BCUT2D eigenvalue weighted by atomic mass is 16.5. The fraction of sp³-hybridized carbons (Fsp3) is 0.400. The van der Waals surface area contributed by atoms with E-state index >= 15 is 0 Å². The Hall–Kier alpha value is -3.43. The topological polar surface area (TPSA) is 78.3 Å². The number of aromatic amines is 1. The fourth-order valence-corrected chi connectivity index (χ4v) is 4.69. The van der Waals surface area contributed by atoms with E-state index in [4.69, 9.17) is 19.8 Å². The van der Waals surface area contributed by atoms with Gasteiger partial charge in [-0.3, -0.25) is 0 Å². The molecule has 0 radical (unpaired) electrons. The van der Waals surface area contributed by atoms with Gasteiger partial charge in [0.2, 0.25) is 5.95 Å². The quantitative estimate of drug-likeness (QED) is 0.504. The van der Waals surface area contributed by atoms with Crippen molar-refractivity contribution < 1.29 is 4.74 Å². The van der Waals surface area contributed by atoms with Crippen LogP contribution in [0.2, 0.25) is 0 Å². The maximum atomic E-state index is 5.60. The van der Waals surface area contributed by atoms with E-state index in [1.165, 1.54) is 5.56 Å². The number of ether oxygens (including phenoxy) is 1. The zero-order chi connectivity index (χ0) is 23.1. The number of fused-ring (bicyclic) bond motifs is 1. The Morgan fingerprint density at radius 3 is 2.53 bits per heavy atom. The van der Waals surface area contributed by atoms with Crippen LogP contribution in [0.4, 0.5) is 11.6 Å². The van der Waals surface area contributed by atoms with Crippen molar-refractivity contribution in [2.24, 2.45) is 0 Å². The Labute approximate surface area is 199 Å². The molecule has 0 saturated carbocycles. The minimum Gasteiger partial charge on any atom is -0.378 e. The van der Waals surface area contributed by atoms with Crippen molar-refractivity contribution in [1.29, 1.82) is 0 Å². The van der Waals surface area contributed by atoms with Gasteiger partial charge in [0.05, 0.1) is 24.6 Å². The molecule has 0 atom stereocenters. The molecule has 1 N–H and O–H groups in total. The number of hydrogen-bond acceptors (Lipinski definition) is 7. The number of aromatic nitrogens is 5. The molecule has 1 aromatic carbocycles. The van der Waals surface area contributed by atoms with Gasteiger partial charge in [-0.2, -0.15) is 5.10 Å². The summed E-state index contributed by atoms with van der Waals surface area (Å²) in [6.07, 6.45) is 1.98. The number of nitrogens with zero attached hydrogens (tertiary/aromatic N) is 7. The largest absolute Gasteiger partial charge is 0.378 e. The van der Waals surface area contributed by atoms with Crippen LogP contribution in [0.5, 0.6) is 0 Å². The number of morpholine rings is 1. The minimum absolute atomic E-state index is 0.716. The highest BCUT2D eigenvalue weighted by Gasteiger charge is 2.23. The van der Waals surface area contributed by atoms with E-state index in [0.717, 1.165) is 79.1 Å². The SMILES string of the molecule is Cc1cccc(-c2ccn(-c3cc(N4CCOCC4)c4nc(N5CCN(C)CC5)[nH]c4n3)n2)c1. The van der Waals surface area contributed by atoms with E-state index in [9.17, 15) is 0 Å². The van der Waals surface area contributed by atoms with Crippen LogP contribution in [0.3, 0.4) is 0 Å². The van der Waals surface area contributed by atoms with Gasteiger partial charge in [-0.15, -0.1) is 0 Å². The van der Waals surface area contributed by atoms with Crippen LogP contribution in [-0.4, -0.2) is 89.2 Å². The summed E-state index contributed by atoms with van der Waals surface area (Å²) in [5.74, 6) is 1.67. The molecule has 3 aromatic heterocycles. The van der Waals surface area contributed by atoms with Crippen molar-refractivity contribution in [2.75, 3.05) is 69.3 Å². The molecule has 2 saturated heterocycles.